The smallest absolute Gasteiger partial charge is 0.324 e. The molecule has 0 radical (unpaired) electrons. The van der Waals surface area contributed by atoms with Crippen molar-refractivity contribution in [2.75, 3.05) is 18.4 Å². The molecule has 0 bridgehead atoms. The predicted molar refractivity (Wildman–Crippen MR) is 79.8 cm³/mol. The Balaban J connectivity index is 0.00000220. The lowest BCUT2D eigenvalue weighted by molar-refractivity contribution is -0.115. The maximum atomic E-state index is 12.4. The molecule has 3 nitrogen and oxygen atoms in total. The van der Waals surface area contributed by atoms with Crippen molar-refractivity contribution in [2.24, 2.45) is 5.92 Å². The maximum absolute atomic E-state index is 12.4. The summed E-state index contributed by atoms with van der Waals surface area (Å²) in [7, 11) is 0. The fraction of sp³-hybridized carbons (Fsp3) is 0.462. The van der Waals surface area contributed by atoms with Crippen molar-refractivity contribution in [3.05, 3.63) is 24.3 Å². The molecule has 0 spiro atoms. The van der Waals surface area contributed by atoms with Crippen LogP contribution in [0.2, 0.25) is 0 Å². The van der Waals surface area contributed by atoms with E-state index in [1.54, 1.807) is 6.07 Å². The summed E-state index contributed by atoms with van der Waals surface area (Å²) in [5.41, 5.74) is -4.18. The lowest BCUT2D eigenvalue weighted by atomic mass is 10.3. The second-order valence-corrected chi connectivity index (χ2v) is 5.77. The van der Waals surface area contributed by atoms with Gasteiger partial charge in [-0.1, -0.05) is 12.1 Å². The third-order valence-electron chi connectivity index (χ3n) is 2.80. The average Bonchev–Trinajstić information content (AvgIpc) is 3.14. The second-order valence-electron chi connectivity index (χ2n) is 4.67. The molecule has 0 unspecified atom stereocenters. The van der Waals surface area contributed by atoms with Crippen LogP contribution in [0.5, 0.6) is 0 Å². The van der Waals surface area contributed by atoms with Gasteiger partial charge in [-0.3, -0.25) is 4.79 Å². The molecule has 1 aromatic rings. The third kappa shape index (κ3) is 7.06. The number of amides is 1. The molecule has 1 aliphatic rings. The van der Waals surface area contributed by atoms with E-state index in [0.29, 0.717) is 5.92 Å². The lowest BCUT2D eigenvalue weighted by Crippen LogP contribution is -2.29. The fourth-order valence-corrected chi connectivity index (χ4v) is 2.31. The van der Waals surface area contributed by atoms with Crippen molar-refractivity contribution in [2.45, 2.75) is 23.2 Å². The van der Waals surface area contributed by atoms with Gasteiger partial charge in [0, 0.05) is 4.90 Å². The first-order valence-electron chi connectivity index (χ1n) is 6.29. The number of benzene rings is 1. The molecule has 1 saturated carbocycles. The Hall–Kier alpha value is -0.920. The third-order valence-corrected chi connectivity index (χ3v) is 3.61. The number of halogens is 4. The molecule has 2 N–H and O–H groups in total. The number of hydrogen-bond donors (Lipinski definition) is 2. The molecule has 0 aromatic heterocycles. The van der Waals surface area contributed by atoms with Crippen molar-refractivity contribution in [3.8, 4) is 0 Å². The van der Waals surface area contributed by atoms with Gasteiger partial charge in [0.1, 0.15) is 0 Å². The van der Waals surface area contributed by atoms with Gasteiger partial charge in [-0.2, -0.15) is 13.2 Å². The monoisotopic (exact) mass is 340 g/mol. The fourth-order valence-electron chi connectivity index (χ4n) is 1.69. The quantitative estimate of drug-likeness (QED) is 0.776. The van der Waals surface area contributed by atoms with Crippen LogP contribution in [0.4, 0.5) is 18.9 Å². The molecular formula is C13H16ClF3N2OS. The maximum Gasteiger partial charge on any atom is 0.446 e. The number of nitrogens with one attached hydrogen (secondary N) is 2. The van der Waals surface area contributed by atoms with Crippen molar-refractivity contribution in [1.82, 2.24) is 5.32 Å². The number of carbonyl (C=O) groups is 1. The Bertz CT molecular complexity index is 481. The highest BCUT2D eigenvalue weighted by molar-refractivity contribution is 8.00. The summed E-state index contributed by atoms with van der Waals surface area (Å²) in [6, 6.07) is 5.90. The Kier molecular flexibility index (Phi) is 6.83. The summed E-state index contributed by atoms with van der Waals surface area (Å²) in [6.07, 6.45) is 2.36. The van der Waals surface area contributed by atoms with Crippen LogP contribution in [-0.4, -0.2) is 24.5 Å². The molecule has 0 atom stereocenters. The minimum atomic E-state index is -4.37. The minimum Gasteiger partial charge on any atom is -0.324 e. The zero-order valence-electron chi connectivity index (χ0n) is 11.1. The average molecular weight is 341 g/mol. The van der Waals surface area contributed by atoms with E-state index in [0.717, 1.165) is 6.54 Å². The summed E-state index contributed by atoms with van der Waals surface area (Å²) < 4.78 is 37.2. The molecular weight excluding hydrogens is 325 g/mol. The van der Waals surface area contributed by atoms with E-state index in [2.05, 4.69) is 10.6 Å². The second kappa shape index (κ2) is 7.91. The van der Waals surface area contributed by atoms with E-state index >= 15 is 0 Å². The van der Waals surface area contributed by atoms with Crippen LogP contribution in [0.3, 0.4) is 0 Å². The molecule has 0 aliphatic heterocycles. The number of para-hydroxylation sites is 1. The molecule has 2 rings (SSSR count). The van der Waals surface area contributed by atoms with Crippen LogP contribution in [0, 0.1) is 5.92 Å². The standard InChI is InChI=1S/C13H15F3N2OS.ClH/c14-13(15,16)20-11-4-2-1-3-10(11)18-12(19)8-17-7-9-5-6-9;/h1-4,9,17H,5-8H2,(H,18,19);1H. The van der Waals surface area contributed by atoms with E-state index in [1.807, 2.05) is 0 Å². The van der Waals surface area contributed by atoms with E-state index in [1.165, 1.54) is 31.0 Å². The number of alkyl halides is 3. The molecule has 1 fully saturated rings. The Morgan fingerprint density at radius 2 is 1.95 bits per heavy atom. The van der Waals surface area contributed by atoms with E-state index < -0.39 is 5.51 Å². The zero-order chi connectivity index (χ0) is 14.6. The molecule has 1 aliphatic carbocycles. The van der Waals surface area contributed by atoms with Gasteiger partial charge in [-0.25, -0.2) is 0 Å². The normalized spacial score (nSPS) is 14.4. The van der Waals surface area contributed by atoms with Gasteiger partial charge >= 0.3 is 5.51 Å². The van der Waals surface area contributed by atoms with Crippen LogP contribution in [-0.2, 0) is 4.79 Å². The highest BCUT2D eigenvalue weighted by Gasteiger charge is 2.30. The summed E-state index contributed by atoms with van der Waals surface area (Å²) >= 11 is -0.227. The number of carbonyl (C=O) groups excluding carboxylic acids is 1. The van der Waals surface area contributed by atoms with E-state index in [9.17, 15) is 18.0 Å². The number of hydrogen-bond acceptors (Lipinski definition) is 3. The predicted octanol–water partition coefficient (Wildman–Crippen LogP) is 3.66. The Labute approximate surface area is 131 Å². The molecule has 1 aromatic carbocycles. The number of thioether (sulfide) groups is 1. The molecule has 1 amide bonds. The largest absolute Gasteiger partial charge is 0.446 e. The first-order chi connectivity index (χ1) is 9.44. The first-order valence-corrected chi connectivity index (χ1v) is 7.11. The summed E-state index contributed by atoms with van der Waals surface area (Å²) in [5.74, 6) is 0.316. The Morgan fingerprint density at radius 3 is 2.57 bits per heavy atom. The molecule has 0 heterocycles. The minimum absolute atomic E-state index is 0. The van der Waals surface area contributed by atoms with Gasteiger partial charge in [-0.05, 0) is 49.2 Å². The molecule has 0 saturated heterocycles. The van der Waals surface area contributed by atoms with Gasteiger partial charge < -0.3 is 10.6 Å². The van der Waals surface area contributed by atoms with Crippen molar-refractivity contribution < 1.29 is 18.0 Å². The van der Waals surface area contributed by atoms with Crippen molar-refractivity contribution in [3.63, 3.8) is 0 Å². The van der Waals surface area contributed by atoms with Gasteiger partial charge in [0.15, 0.2) is 0 Å². The van der Waals surface area contributed by atoms with E-state index in [-0.39, 0.29) is 47.2 Å². The van der Waals surface area contributed by atoms with E-state index in [4.69, 9.17) is 0 Å². The van der Waals surface area contributed by atoms with Crippen molar-refractivity contribution in [1.29, 1.82) is 0 Å². The van der Waals surface area contributed by atoms with Gasteiger partial charge in [0.2, 0.25) is 5.91 Å². The summed E-state index contributed by atoms with van der Waals surface area (Å²) in [5, 5.41) is 5.50. The molecule has 8 heteroatoms. The molecule has 118 valence electrons. The molecule has 21 heavy (non-hydrogen) atoms. The van der Waals surface area contributed by atoms with Gasteiger partial charge in [0.05, 0.1) is 12.2 Å². The number of anilines is 1. The highest BCUT2D eigenvalue weighted by Crippen LogP contribution is 2.40. The summed E-state index contributed by atoms with van der Waals surface area (Å²) in [6.45, 7) is 0.897. The Morgan fingerprint density at radius 1 is 1.29 bits per heavy atom. The lowest BCUT2D eigenvalue weighted by Gasteiger charge is -2.12. The van der Waals surface area contributed by atoms with Crippen LogP contribution < -0.4 is 10.6 Å². The van der Waals surface area contributed by atoms with Gasteiger partial charge in [-0.15, -0.1) is 12.4 Å². The van der Waals surface area contributed by atoms with Gasteiger partial charge in [0.25, 0.3) is 0 Å². The SMILES string of the molecule is Cl.O=C(CNCC1CC1)Nc1ccccc1SC(F)(F)F. The highest BCUT2D eigenvalue weighted by atomic mass is 35.5. The van der Waals surface area contributed by atoms with Crippen molar-refractivity contribution >= 4 is 35.8 Å². The summed E-state index contributed by atoms with van der Waals surface area (Å²) in [4.78, 5) is 11.7. The van der Waals surface area contributed by atoms with Crippen LogP contribution in [0.1, 0.15) is 12.8 Å². The first kappa shape index (κ1) is 18.1. The van der Waals surface area contributed by atoms with Crippen LogP contribution in [0.15, 0.2) is 29.2 Å². The topological polar surface area (TPSA) is 41.1 Å². The zero-order valence-corrected chi connectivity index (χ0v) is 12.7. The number of rotatable bonds is 6. The van der Waals surface area contributed by atoms with Crippen LogP contribution >= 0.6 is 24.2 Å². The van der Waals surface area contributed by atoms with Crippen LogP contribution in [0.25, 0.3) is 0 Å².